The maximum atomic E-state index is 14.7. The summed E-state index contributed by atoms with van der Waals surface area (Å²) < 4.78 is 35.2. The molecular formula is C39H45N3O5S. The average molecular weight is 668 g/mol. The number of nitrogens with zero attached hydrogens (tertiary/aromatic N) is 2. The number of sulfonamides is 1. The number of amides is 2. The van der Waals surface area contributed by atoms with E-state index < -0.39 is 28.5 Å². The quantitative estimate of drug-likeness (QED) is 0.162. The van der Waals surface area contributed by atoms with Gasteiger partial charge in [-0.2, -0.15) is 0 Å². The van der Waals surface area contributed by atoms with E-state index >= 15 is 0 Å². The van der Waals surface area contributed by atoms with Gasteiger partial charge in [-0.1, -0.05) is 97.6 Å². The van der Waals surface area contributed by atoms with Crippen LogP contribution in [0, 0.1) is 6.92 Å². The molecule has 0 heterocycles. The van der Waals surface area contributed by atoms with Crippen molar-refractivity contribution in [3.05, 3.63) is 126 Å². The number of carbonyl (C=O) groups excluding carboxylic acids is 2. The van der Waals surface area contributed by atoms with Crippen LogP contribution in [0.2, 0.25) is 0 Å². The van der Waals surface area contributed by atoms with Gasteiger partial charge in [0.2, 0.25) is 11.8 Å². The summed E-state index contributed by atoms with van der Waals surface area (Å²) in [6.45, 7) is 3.94. The van der Waals surface area contributed by atoms with Crippen molar-refractivity contribution in [3.8, 4) is 5.75 Å². The number of rotatable bonds is 14. The Labute approximate surface area is 284 Å². The topological polar surface area (TPSA) is 96.0 Å². The molecule has 1 atom stereocenters. The third kappa shape index (κ3) is 9.04. The van der Waals surface area contributed by atoms with E-state index in [4.69, 9.17) is 4.74 Å². The highest BCUT2D eigenvalue weighted by molar-refractivity contribution is 7.92. The Balaban J connectivity index is 1.54. The molecule has 0 unspecified atom stereocenters. The molecule has 0 bridgehead atoms. The summed E-state index contributed by atoms with van der Waals surface area (Å²) in [5.74, 6) is -0.155. The van der Waals surface area contributed by atoms with Crippen molar-refractivity contribution in [2.24, 2.45) is 0 Å². The second-order valence-corrected chi connectivity index (χ2v) is 14.2. The molecule has 48 heavy (non-hydrogen) atoms. The first-order chi connectivity index (χ1) is 23.2. The summed E-state index contributed by atoms with van der Waals surface area (Å²) in [6, 6.07) is 31.4. The molecule has 2 amide bonds. The lowest BCUT2D eigenvalue weighted by Crippen LogP contribution is -2.55. The fourth-order valence-electron chi connectivity index (χ4n) is 6.23. The first-order valence-corrected chi connectivity index (χ1v) is 18.2. The van der Waals surface area contributed by atoms with Crippen LogP contribution in [0.4, 0.5) is 5.69 Å². The molecule has 1 saturated carbocycles. The van der Waals surface area contributed by atoms with E-state index in [2.05, 4.69) is 5.32 Å². The summed E-state index contributed by atoms with van der Waals surface area (Å²) >= 11 is 0. The van der Waals surface area contributed by atoms with E-state index in [0.717, 1.165) is 53.1 Å². The van der Waals surface area contributed by atoms with Gasteiger partial charge in [-0.15, -0.1) is 0 Å². The lowest BCUT2D eigenvalue weighted by atomic mass is 9.94. The molecule has 0 spiro atoms. The second kappa shape index (κ2) is 16.5. The maximum Gasteiger partial charge on any atom is 0.264 e. The van der Waals surface area contributed by atoms with Crippen LogP contribution >= 0.6 is 0 Å². The van der Waals surface area contributed by atoms with Crippen molar-refractivity contribution in [1.82, 2.24) is 10.2 Å². The maximum absolute atomic E-state index is 14.7. The summed E-state index contributed by atoms with van der Waals surface area (Å²) in [5, 5.41) is 3.25. The zero-order valence-corrected chi connectivity index (χ0v) is 28.6. The third-order valence-electron chi connectivity index (χ3n) is 8.70. The van der Waals surface area contributed by atoms with E-state index in [0.29, 0.717) is 18.0 Å². The monoisotopic (exact) mass is 667 g/mol. The molecule has 5 rings (SSSR count). The normalized spacial score (nSPS) is 14.1. The number of nitrogens with one attached hydrogen (secondary N) is 1. The summed E-state index contributed by atoms with van der Waals surface area (Å²) in [5.41, 5.74) is 3.13. The van der Waals surface area contributed by atoms with Gasteiger partial charge >= 0.3 is 0 Å². The molecular weight excluding hydrogens is 623 g/mol. The Morgan fingerprint density at radius 3 is 2.12 bits per heavy atom. The number of ether oxygens (including phenoxy) is 1. The van der Waals surface area contributed by atoms with Crippen molar-refractivity contribution in [3.63, 3.8) is 0 Å². The molecule has 1 aliphatic carbocycles. The highest BCUT2D eigenvalue weighted by Gasteiger charge is 2.35. The van der Waals surface area contributed by atoms with E-state index in [1.54, 1.807) is 47.4 Å². The molecule has 1 aliphatic rings. The van der Waals surface area contributed by atoms with E-state index in [9.17, 15) is 18.0 Å². The predicted octanol–water partition coefficient (Wildman–Crippen LogP) is 6.68. The van der Waals surface area contributed by atoms with Crippen molar-refractivity contribution in [2.75, 3.05) is 17.5 Å². The molecule has 1 N–H and O–H groups in total. The first-order valence-electron chi connectivity index (χ1n) is 16.7. The number of carbonyl (C=O) groups is 2. The van der Waals surface area contributed by atoms with Crippen LogP contribution in [-0.2, 0) is 32.6 Å². The van der Waals surface area contributed by atoms with Crippen LogP contribution in [0.25, 0.3) is 0 Å². The Morgan fingerprint density at radius 1 is 0.833 bits per heavy atom. The highest BCUT2D eigenvalue weighted by atomic mass is 32.2. The molecule has 9 heteroatoms. The van der Waals surface area contributed by atoms with Gasteiger partial charge < -0.3 is 15.0 Å². The zero-order chi connectivity index (χ0) is 33.9. The molecule has 0 aromatic heterocycles. The summed E-state index contributed by atoms with van der Waals surface area (Å²) in [4.78, 5) is 30.5. The van der Waals surface area contributed by atoms with Gasteiger partial charge in [-0.25, -0.2) is 8.42 Å². The van der Waals surface area contributed by atoms with Gasteiger partial charge in [0.1, 0.15) is 18.3 Å². The van der Waals surface area contributed by atoms with Crippen LogP contribution < -0.4 is 14.4 Å². The number of para-hydroxylation sites is 1. The van der Waals surface area contributed by atoms with Gasteiger partial charge in [-0.3, -0.25) is 13.9 Å². The van der Waals surface area contributed by atoms with Gasteiger partial charge in [0.15, 0.2) is 0 Å². The molecule has 8 nitrogen and oxygen atoms in total. The van der Waals surface area contributed by atoms with Gasteiger partial charge in [0.25, 0.3) is 10.0 Å². The van der Waals surface area contributed by atoms with Crippen molar-refractivity contribution < 1.29 is 22.7 Å². The standard InChI is InChI=1S/C39H45N3O5S/c1-3-47-35-22-24-36(25-23-35)48(45,46)42(34-20-11-6-12-21-34)29-38(43)41(28-32-17-13-14-30(2)26-32)37(27-31-15-7-4-8-16-31)39(44)40-33-18-9-5-10-19-33/h4,6-8,11-17,20-26,33,37H,3,5,9-10,18-19,27-29H2,1-2H3,(H,40,44)/t37-/m0/s1. The van der Waals surface area contributed by atoms with Crippen LogP contribution in [0.15, 0.2) is 114 Å². The SMILES string of the molecule is CCOc1ccc(S(=O)(=O)N(CC(=O)N(Cc2cccc(C)c2)[C@@H](Cc2ccccc2)C(=O)NC2CCCCC2)c2ccccc2)cc1. The molecule has 252 valence electrons. The van der Waals surface area contributed by atoms with Crippen molar-refractivity contribution in [1.29, 1.82) is 0 Å². The van der Waals surface area contributed by atoms with E-state index in [-0.39, 0.29) is 29.8 Å². The first kappa shape index (κ1) is 34.7. The van der Waals surface area contributed by atoms with Gasteiger partial charge in [0, 0.05) is 19.0 Å². The number of anilines is 1. The summed E-state index contributed by atoms with van der Waals surface area (Å²) in [7, 11) is -4.19. The van der Waals surface area contributed by atoms with Gasteiger partial charge in [-0.05, 0) is 74.2 Å². The molecule has 4 aromatic carbocycles. The Kier molecular flexibility index (Phi) is 11.9. The lowest BCUT2D eigenvalue weighted by molar-refractivity contribution is -0.140. The third-order valence-corrected chi connectivity index (χ3v) is 10.5. The number of hydrogen-bond acceptors (Lipinski definition) is 5. The largest absolute Gasteiger partial charge is 0.494 e. The minimum atomic E-state index is -4.19. The summed E-state index contributed by atoms with van der Waals surface area (Å²) in [6.07, 6.45) is 5.34. The number of benzene rings is 4. The Morgan fingerprint density at radius 2 is 1.48 bits per heavy atom. The second-order valence-electron chi connectivity index (χ2n) is 12.3. The fourth-order valence-corrected chi connectivity index (χ4v) is 7.64. The fraction of sp³-hybridized carbons (Fsp3) is 0.333. The smallest absolute Gasteiger partial charge is 0.264 e. The van der Waals surface area contributed by atoms with E-state index in [1.165, 1.54) is 12.1 Å². The Bertz CT molecular complexity index is 1740. The van der Waals surface area contributed by atoms with Crippen LogP contribution in [0.3, 0.4) is 0 Å². The molecule has 0 saturated heterocycles. The Hall–Kier alpha value is -4.63. The number of aryl methyl sites for hydroxylation is 1. The van der Waals surface area contributed by atoms with Crippen LogP contribution in [-0.4, -0.2) is 50.4 Å². The van der Waals surface area contributed by atoms with Crippen LogP contribution in [0.1, 0.15) is 55.7 Å². The molecule has 1 fully saturated rings. The minimum Gasteiger partial charge on any atom is -0.494 e. The van der Waals surface area contributed by atoms with Crippen LogP contribution in [0.5, 0.6) is 5.75 Å². The van der Waals surface area contributed by atoms with E-state index in [1.807, 2.05) is 68.4 Å². The lowest BCUT2D eigenvalue weighted by Gasteiger charge is -2.35. The van der Waals surface area contributed by atoms with Gasteiger partial charge in [0.05, 0.1) is 17.2 Å². The molecule has 0 radical (unpaired) electrons. The molecule has 0 aliphatic heterocycles. The minimum absolute atomic E-state index is 0.0312. The van der Waals surface area contributed by atoms with Crippen molar-refractivity contribution in [2.45, 2.75) is 75.9 Å². The average Bonchev–Trinajstić information content (AvgIpc) is 3.10. The highest BCUT2D eigenvalue weighted by Crippen LogP contribution is 2.27. The van der Waals surface area contributed by atoms with Crippen molar-refractivity contribution >= 4 is 27.5 Å². The zero-order valence-electron chi connectivity index (χ0n) is 27.8. The molecule has 4 aromatic rings. The number of hydrogen-bond donors (Lipinski definition) is 1. The predicted molar refractivity (Wildman–Crippen MR) is 189 cm³/mol.